The molecule has 4 aromatic rings. The third kappa shape index (κ3) is 5.49. The van der Waals surface area contributed by atoms with Crippen LogP contribution in [0.3, 0.4) is 0 Å². The first kappa shape index (κ1) is 29.6. The molecule has 0 unspecified atom stereocenters. The zero-order valence-corrected chi connectivity index (χ0v) is 25.0. The van der Waals surface area contributed by atoms with Crippen LogP contribution in [0.5, 0.6) is 0 Å². The van der Waals surface area contributed by atoms with Gasteiger partial charge in [0.05, 0.1) is 40.3 Å². The molecule has 1 aliphatic heterocycles. The van der Waals surface area contributed by atoms with Gasteiger partial charge in [-0.25, -0.2) is 17.9 Å². The van der Waals surface area contributed by atoms with Crippen LogP contribution in [0.4, 0.5) is 10.1 Å². The highest BCUT2D eigenvalue weighted by Crippen LogP contribution is 2.34. The van der Waals surface area contributed by atoms with E-state index in [-0.39, 0.29) is 41.1 Å². The first-order valence-corrected chi connectivity index (χ1v) is 16.1. The number of nitrogens with one attached hydrogen (secondary N) is 1. The Hall–Kier alpha value is -4.47. The number of pyridine rings is 1. The Morgan fingerprint density at radius 1 is 1.11 bits per heavy atom. The van der Waals surface area contributed by atoms with Crippen LogP contribution >= 0.6 is 0 Å². The lowest BCUT2D eigenvalue weighted by molar-refractivity contribution is -0.125. The second kappa shape index (κ2) is 11.9. The number of H-pyrrole nitrogens is 1. The molecule has 10 nitrogen and oxygen atoms in total. The molecule has 12 heteroatoms. The quantitative estimate of drug-likeness (QED) is 0.319. The standard InChI is InChI=1S/C32H31FN6O4S/c1-20-23(16-34)14-27(15-29(20)33)44(42,43)39-12-11-30(39)32(41)38(26-9-10-28-24(13-26)18-36-37-31(28)40)19-25-8-7-22(17-35-25)21-5-3-2-4-6-21/h7-10,13-15,17-18,21,30H,2-6,11-12,19H2,1H3,(H,37,40)/t30-/m1/s1. The van der Waals surface area contributed by atoms with Crippen molar-refractivity contribution in [3.05, 3.63) is 93.4 Å². The van der Waals surface area contributed by atoms with E-state index in [0.29, 0.717) is 28.1 Å². The van der Waals surface area contributed by atoms with Crippen molar-refractivity contribution in [2.75, 3.05) is 11.4 Å². The average Bonchev–Trinajstić information content (AvgIpc) is 3.01. The highest BCUT2D eigenvalue weighted by Gasteiger charge is 2.45. The number of nitrogens with zero attached hydrogens (tertiary/aromatic N) is 5. The van der Waals surface area contributed by atoms with Crippen molar-refractivity contribution in [2.45, 2.75) is 68.8 Å². The number of nitriles is 1. The largest absolute Gasteiger partial charge is 0.305 e. The van der Waals surface area contributed by atoms with Crippen LogP contribution in [-0.4, -0.2) is 46.4 Å². The zero-order chi connectivity index (χ0) is 31.0. The number of amides is 1. The van der Waals surface area contributed by atoms with Crippen molar-refractivity contribution >= 4 is 32.4 Å². The molecule has 1 aliphatic carbocycles. The Labute approximate surface area is 254 Å². The van der Waals surface area contributed by atoms with E-state index in [0.717, 1.165) is 29.3 Å². The first-order valence-electron chi connectivity index (χ1n) is 14.6. The van der Waals surface area contributed by atoms with Gasteiger partial charge >= 0.3 is 0 Å². The minimum atomic E-state index is -4.29. The summed E-state index contributed by atoms with van der Waals surface area (Å²) >= 11 is 0. The molecule has 3 heterocycles. The van der Waals surface area contributed by atoms with Crippen LogP contribution in [0.25, 0.3) is 10.8 Å². The Morgan fingerprint density at radius 3 is 2.59 bits per heavy atom. The van der Waals surface area contributed by atoms with Crippen molar-refractivity contribution in [3.8, 4) is 6.07 Å². The molecular formula is C32H31FN6O4S. The van der Waals surface area contributed by atoms with Gasteiger partial charge in [0, 0.05) is 29.4 Å². The molecule has 44 heavy (non-hydrogen) atoms. The predicted octanol–water partition coefficient (Wildman–Crippen LogP) is 4.68. The van der Waals surface area contributed by atoms with Crippen molar-refractivity contribution in [1.29, 1.82) is 5.26 Å². The van der Waals surface area contributed by atoms with E-state index in [1.807, 2.05) is 24.4 Å². The summed E-state index contributed by atoms with van der Waals surface area (Å²) in [5.41, 5.74) is 1.84. The third-order valence-corrected chi connectivity index (χ3v) is 10.7. The number of anilines is 1. The fourth-order valence-electron chi connectivity index (χ4n) is 6.05. The fourth-order valence-corrected chi connectivity index (χ4v) is 7.72. The van der Waals surface area contributed by atoms with Crippen LogP contribution in [0.1, 0.15) is 66.8 Å². The zero-order valence-electron chi connectivity index (χ0n) is 24.2. The molecule has 0 bridgehead atoms. The summed E-state index contributed by atoms with van der Waals surface area (Å²) in [7, 11) is -4.29. The second-order valence-corrected chi connectivity index (χ2v) is 13.3. The summed E-state index contributed by atoms with van der Waals surface area (Å²) in [6.07, 6.45) is 9.50. The number of halogens is 1. The van der Waals surface area contributed by atoms with E-state index < -0.39 is 27.8 Å². The monoisotopic (exact) mass is 614 g/mol. The third-order valence-electron chi connectivity index (χ3n) is 8.77. The number of carbonyl (C=O) groups excluding carboxylic acids is 1. The van der Waals surface area contributed by atoms with Gasteiger partial charge in [-0.1, -0.05) is 25.3 Å². The molecule has 6 rings (SSSR count). The summed E-state index contributed by atoms with van der Waals surface area (Å²) in [4.78, 5) is 32.2. The number of rotatable bonds is 7. The van der Waals surface area contributed by atoms with Crippen LogP contribution in [0.15, 0.2) is 64.5 Å². The maximum atomic E-state index is 14.5. The molecule has 1 saturated heterocycles. The molecule has 1 N–H and O–H groups in total. The summed E-state index contributed by atoms with van der Waals surface area (Å²) in [5, 5.41) is 16.6. The SMILES string of the molecule is Cc1c(F)cc(S(=O)(=O)N2CC[C@@H]2C(=O)N(Cc2ccc(C3CCCCC3)cn2)c2ccc3c(=O)[nH]ncc3c2)cc1C#N. The van der Waals surface area contributed by atoms with E-state index in [1.165, 1.54) is 42.8 Å². The van der Waals surface area contributed by atoms with Gasteiger partial charge in [-0.15, -0.1) is 0 Å². The topological polar surface area (TPSA) is 140 Å². The van der Waals surface area contributed by atoms with E-state index in [4.69, 9.17) is 0 Å². The molecule has 1 atom stereocenters. The van der Waals surface area contributed by atoms with Gasteiger partial charge in [0.1, 0.15) is 11.9 Å². The van der Waals surface area contributed by atoms with E-state index in [9.17, 15) is 27.7 Å². The molecule has 2 aromatic carbocycles. The normalized spacial score (nSPS) is 17.6. The minimum absolute atomic E-state index is 0.0560. The summed E-state index contributed by atoms with van der Waals surface area (Å²) in [5.74, 6) is -0.825. The van der Waals surface area contributed by atoms with Gasteiger partial charge in [-0.05, 0) is 74.1 Å². The Morgan fingerprint density at radius 2 is 1.91 bits per heavy atom. The predicted molar refractivity (Wildman–Crippen MR) is 162 cm³/mol. The highest BCUT2D eigenvalue weighted by molar-refractivity contribution is 7.89. The number of benzene rings is 2. The summed E-state index contributed by atoms with van der Waals surface area (Å²) in [6, 6.07) is 11.6. The molecule has 2 fully saturated rings. The molecule has 0 radical (unpaired) electrons. The van der Waals surface area contributed by atoms with Gasteiger partial charge in [0.2, 0.25) is 15.9 Å². The molecule has 0 spiro atoms. The number of aromatic amines is 1. The van der Waals surface area contributed by atoms with Crippen molar-refractivity contribution in [2.24, 2.45) is 0 Å². The lowest BCUT2D eigenvalue weighted by Crippen LogP contribution is -2.59. The lowest BCUT2D eigenvalue weighted by atomic mass is 9.85. The molecule has 2 aromatic heterocycles. The molecule has 1 saturated carbocycles. The van der Waals surface area contributed by atoms with Crippen LogP contribution in [0.2, 0.25) is 0 Å². The van der Waals surface area contributed by atoms with Crippen molar-refractivity contribution < 1.29 is 17.6 Å². The summed E-state index contributed by atoms with van der Waals surface area (Å²) < 4.78 is 42.8. The van der Waals surface area contributed by atoms with Crippen LogP contribution in [-0.2, 0) is 21.4 Å². The Kier molecular flexibility index (Phi) is 8.00. The Balaban J connectivity index is 1.33. The highest BCUT2D eigenvalue weighted by atomic mass is 32.2. The lowest BCUT2D eigenvalue weighted by Gasteiger charge is -2.41. The number of aromatic nitrogens is 3. The number of sulfonamides is 1. The number of hydrogen-bond acceptors (Lipinski definition) is 7. The summed E-state index contributed by atoms with van der Waals surface area (Å²) in [6.45, 7) is 1.53. The molecule has 2 aliphatic rings. The van der Waals surface area contributed by atoms with Crippen LogP contribution < -0.4 is 10.5 Å². The van der Waals surface area contributed by atoms with Gasteiger partial charge in [-0.2, -0.15) is 14.7 Å². The van der Waals surface area contributed by atoms with Crippen molar-refractivity contribution in [3.63, 3.8) is 0 Å². The molecule has 1 amide bonds. The molecular weight excluding hydrogens is 583 g/mol. The average molecular weight is 615 g/mol. The molecule has 226 valence electrons. The van der Waals surface area contributed by atoms with Gasteiger partial charge in [-0.3, -0.25) is 14.6 Å². The van der Waals surface area contributed by atoms with E-state index in [2.05, 4.69) is 15.2 Å². The van der Waals surface area contributed by atoms with Gasteiger partial charge < -0.3 is 4.90 Å². The van der Waals surface area contributed by atoms with Gasteiger partial charge in [0.15, 0.2) is 0 Å². The number of fused-ring (bicyclic) bond motifs is 1. The number of carbonyl (C=O) groups is 1. The Bertz CT molecular complexity index is 1950. The van der Waals surface area contributed by atoms with Gasteiger partial charge in [0.25, 0.3) is 5.56 Å². The van der Waals surface area contributed by atoms with E-state index in [1.54, 1.807) is 18.2 Å². The smallest absolute Gasteiger partial charge is 0.272 e. The maximum Gasteiger partial charge on any atom is 0.272 e. The van der Waals surface area contributed by atoms with Crippen molar-refractivity contribution in [1.82, 2.24) is 19.5 Å². The number of hydrogen-bond donors (Lipinski definition) is 1. The second-order valence-electron chi connectivity index (χ2n) is 11.4. The minimum Gasteiger partial charge on any atom is -0.305 e. The van der Waals surface area contributed by atoms with E-state index >= 15 is 0 Å². The first-order chi connectivity index (χ1) is 21.2. The fraction of sp³-hybridized carbons (Fsp3) is 0.344. The van der Waals surface area contributed by atoms with Crippen LogP contribution in [0, 0.1) is 24.1 Å². The maximum absolute atomic E-state index is 14.5.